The number of halogens is 3. The fourth-order valence-electron chi connectivity index (χ4n) is 2.63. The van der Waals surface area contributed by atoms with Crippen LogP contribution in [0.1, 0.15) is 59.9 Å². The second-order valence-electron chi connectivity index (χ2n) is 6.71. The minimum Gasteiger partial charge on any atom is -0.166 e. The summed E-state index contributed by atoms with van der Waals surface area (Å²) in [6.45, 7) is 13.2. The van der Waals surface area contributed by atoms with Gasteiger partial charge in [-0.2, -0.15) is 13.2 Å². The van der Waals surface area contributed by atoms with Crippen molar-refractivity contribution in [3.05, 3.63) is 29.8 Å². The molecule has 0 aliphatic heterocycles. The minimum atomic E-state index is -4.26. The van der Waals surface area contributed by atoms with Gasteiger partial charge in [0.25, 0.3) is 0 Å². The predicted octanol–water partition coefficient (Wildman–Crippen LogP) is 6.19. The van der Waals surface area contributed by atoms with Crippen molar-refractivity contribution in [2.75, 3.05) is 0 Å². The molecule has 0 heterocycles. The van der Waals surface area contributed by atoms with E-state index in [2.05, 4.69) is 41.5 Å². The van der Waals surface area contributed by atoms with Crippen molar-refractivity contribution >= 4 is 13.2 Å². The zero-order chi connectivity index (χ0) is 16.5. The second-order valence-corrected chi connectivity index (χ2v) is 10.3. The van der Waals surface area contributed by atoms with Gasteiger partial charge in [0.1, 0.15) is 0 Å². The first kappa shape index (κ1) is 18.5. The van der Waals surface area contributed by atoms with Crippen molar-refractivity contribution in [2.24, 2.45) is 0 Å². The first-order chi connectivity index (χ1) is 9.45. The van der Waals surface area contributed by atoms with Crippen LogP contribution in [0.15, 0.2) is 24.3 Å². The summed E-state index contributed by atoms with van der Waals surface area (Å²) >= 11 is 0. The molecule has 0 aromatic heterocycles. The minimum absolute atomic E-state index is 0.106. The van der Waals surface area contributed by atoms with Crippen LogP contribution in [-0.4, -0.2) is 10.3 Å². The van der Waals surface area contributed by atoms with Gasteiger partial charge in [0.15, 0.2) is 0 Å². The summed E-state index contributed by atoms with van der Waals surface area (Å²) in [5.74, 6) is 0. The lowest BCUT2D eigenvalue weighted by atomic mass is 10.1. The molecule has 0 atom stereocenters. The summed E-state index contributed by atoms with van der Waals surface area (Å²) in [7, 11) is -0.558. The van der Waals surface area contributed by atoms with Crippen LogP contribution in [0.3, 0.4) is 0 Å². The Morgan fingerprint density at radius 2 is 1.19 bits per heavy atom. The molecule has 1 aromatic carbocycles. The summed E-state index contributed by atoms with van der Waals surface area (Å²) in [6, 6.07) is 5.82. The molecule has 0 amide bonds. The molecule has 0 saturated carbocycles. The Bertz CT molecular complexity index is 442. The normalized spacial score (nSPS) is 13.8. The standard InChI is InChI=1S/C17H26F3P/c1-7-15(3,4)21(16(5,6)8-2)14-11-9-13(10-12-14)17(18,19)20/h9-12H,7-8H2,1-6H3. The van der Waals surface area contributed by atoms with E-state index in [1.54, 1.807) is 12.1 Å². The van der Waals surface area contributed by atoms with Crippen LogP contribution in [0.2, 0.25) is 0 Å². The van der Waals surface area contributed by atoms with Crippen LogP contribution in [0.4, 0.5) is 13.2 Å². The maximum absolute atomic E-state index is 12.7. The molecule has 0 spiro atoms. The molecular weight excluding hydrogens is 292 g/mol. The third kappa shape index (κ3) is 4.22. The smallest absolute Gasteiger partial charge is 0.166 e. The van der Waals surface area contributed by atoms with Crippen molar-refractivity contribution in [3.8, 4) is 0 Å². The largest absolute Gasteiger partial charge is 0.416 e. The van der Waals surface area contributed by atoms with Gasteiger partial charge in [-0.05, 0) is 40.6 Å². The van der Waals surface area contributed by atoms with Gasteiger partial charge in [0, 0.05) is 0 Å². The molecule has 0 aliphatic carbocycles. The Labute approximate surface area is 127 Å². The van der Waals surface area contributed by atoms with Crippen LogP contribution in [0.5, 0.6) is 0 Å². The summed E-state index contributed by atoms with van der Waals surface area (Å²) in [5.41, 5.74) is -0.565. The van der Waals surface area contributed by atoms with E-state index >= 15 is 0 Å². The highest BCUT2D eigenvalue weighted by Gasteiger charge is 2.39. The molecule has 0 aliphatic rings. The molecule has 0 fully saturated rings. The van der Waals surface area contributed by atoms with Crippen molar-refractivity contribution in [1.29, 1.82) is 0 Å². The van der Waals surface area contributed by atoms with Crippen molar-refractivity contribution in [3.63, 3.8) is 0 Å². The quantitative estimate of drug-likeness (QED) is 0.568. The van der Waals surface area contributed by atoms with Crippen molar-refractivity contribution in [2.45, 2.75) is 70.9 Å². The third-order valence-electron chi connectivity index (χ3n) is 4.39. The van der Waals surface area contributed by atoms with Crippen molar-refractivity contribution < 1.29 is 13.2 Å². The van der Waals surface area contributed by atoms with Gasteiger partial charge in [0.05, 0.1) is 5.56 Å². The maximum Gasteiger partial charge on any atom is 0.416 e. The fraction of sp³-hybridized carbons (Fsp3) is 0.647. The summed E-state index contributed by atoms with van der Waals surface area (Å²) < 4.78 is 38.2. The molecule has 0 N–H and O–H groups in total. The molecular formula is C17H26F3P. The van der Waals surface area contributed by atoms with Crippen LogP contribution < -0.4 is 5.30 Å². The average molecular weight is 318 g/mol. The number of hydrogen-bond donors (Lipinski definition) is 0. The van der Waals surface area contributed by atoms with Crippen LogP contribution in [-0.2, 0) is 6.18 Å². The van der Waals surface area contributed by atoms with E-state index in [0.717, 1.165) is 18.1 Å². The van der Waals surface area contributed by atoms with E-state index in [1.807, 2.05) is 0 Å². The Kier molecular flexibility index (Phi) is 5.53. The zero-order valence-corrected chi connectivity index (χ0v) is 14.7. The Morgan fingerprint density at radius 1 is 0.810 bits per heavy atom. The molecule has 0 radical (unpaired) electrons. The van der Waals surface area contributed by atoms with Gasteiger partial charge in [-0.15, -0.1) is 0 Å². The molecule has 0 bridgehead atoms. The fourth-order valence-corrected chi connectivity index (χ4v) is 6.75. The van der Waals surface area contributed by atoms with E-state index in [4.69, 9.17) is 0 Å². The number of alkyl halides is 3. The van der Waals surface area contributed by atoms with Gasteiger partial charge >= 0.3 is 6.18 Å². The van der Waals surface area contributed by atoms with Gasteiger partial charge in [-0.3, -0.25) is 0 Å². The summed E-state index contributed by atoms with van der Waals surface area (Å²) in [4.78, 5) is 0. The lowest BCUT2D eigenvalue weighted by Gasteiger charge is -2.45. The molecule has 0 unspecified atom stereocenters. The summed E-state index contributed by atoms with van der Waals surface area (Å²) in [5, 5.41) is 1.28. The lowest BCUT2D eigenvalue weighted by Crippen LogP contribution is -2.34. The topological polar surface area (TPSA) is 0 Å². The number of rotatable bonds is 5. The monoisotopic (exact) mass is 318 g/mol. The highest BCUT2D eigenvalue weighted by Crippen LogP contribution is 2.61. The van der Waals surface area contributed by atoms with E-state index in [1.165, 1.54) is 12.1 Å². The molecule has 0 nitrogen and oxygen atoms in total. The van der Waals surface area contributed by atoms with Crippen molar-refractivity contribution in [1.82, 2.24) is 0 Å². The van der Waals surface area contributed by atoms with Gasteiger partial charge in [0.2, 0.25) is 0 Å². The molecule has 1 rings (SSSR count). The predicted molar refractivity (Wildman–Crippen MR) is 86.7 cm³/mol. The first-order valence-corrected chi connectivity index (χ1v) is 8.77. The Balaban J connectivity index is 3.29. The maximum atomic E-state index is 12.7. The number of hydrogen-bond acceptors (Lipinski definition) is 0. The molecule has 4 heteroatoms. The highest BCUT2D eigenvalue weighted by atomic mass is 31.1. The van der Waals surface area contributed by atoms with E-state index < -0.39 is 19.7 Å². The molecule has 1 aromatic rings. The Morgan fingerprint density at radius 3 is 1.48 bits per heavy atom. The van der Waals surface area contributed by atoms with E-state index in [0.29, 0.717) is 0 Å². The lowest BCUT2D eigenvalue weighted by molar-refractivity contribution is -0.137. The summed E-state index contributed by atoms with van der Waals surface area (Å²) in [6.07, 6.45) is -2.23. The van der Waals surface area contributed by atoms with Gasteiger partial charge in [-0.1, -0.05) is 61.6 Å². The first-order valence-electron chi connectivity index (χ1n) is 7.43. The van der Waals surface area contributed by atoms with E-state index in [-0.39, 0.29) is 10.3 Å². The molecule has 120 valence electrons. The van der Waals surface area contributed by atoms with Gasteiger partial charge in [-0.25, -0.2) is 0 Å². The molecule has 21 heavy (non-hydrogen) atoms. The van der Waals surface area contributed by atoms with E-state index in [9.17, 15) is 13.2 Å². The average Bonchev–Trinajstić information content (AvgIpc) is 2.38. The number of benzene rings is 1. The van der Waals surface area contributed by atoms with Crippen LogP contribution in [0, 0.1) is 0 Å². The van der Waals surface area contributed by atoms with Crippen LogP contribution >= 0.6 is 7.92 Å². The second kappa shape index (κ2) is 6.28. The zero-order valence-electron chi connectivity index (χ0n) is 13.8. The van der Waals surface area contributed by atoms with Gasteiger partial charge < -0.3 is 0 Å². The Hall–Kier alpha value is -0.560. The highest BCUT2D eigenvalue weighted by molar-refractivity contribution is 7.68. The SMILES string of the molecule is CCC(C)(C)P(c1ccc(C(F)(F)F)cc1)C(C)(C)CC. The third-order valence-corrected chi connectivity index (χ3v) is 8.26. The molecule has 0 saturated heterocycles. The van der Waals surface area contributed by atoms with Crippen LogP contribution in [0.25, 0.3) is 0 Å².